The van der Waals surface area contributed by atoms with Gasteiger partial charge in [-0.3, -0.25) is 4.79 Å². The third-order valence-electron chi connectivity index (χ3n) is 3.93. The van der Waals surface area contributed by atoms with Crippen molar-refractivity contribution in [1.29, 1.82) is 5.26 Å². The van der Waals surface area contributed by atoms with Gasteiger partial charge in [-0.15, -0.1) is 11.3 Å². The van der Waals surface area contributed by atoms with Gasteiger partial charge in [0.25, 0.3) is 5.91 Å². The van der Waals surface area contributed by atoms with Crippen LogP contribution in [0.2, 0.25) is 0 Å². The predicted octanol–water partition coefficient (Wildman–Crippen LogP) is 3.66. The Bertz CT molecular complexity index is 753. The highest BCUT2D eigenvalue weighted by atomic mass is 32.1. The number of amides is 1. The number of thiazole rings is 1. The first-order chi connectivity index (χ1) is 10.4. The number of hydrogen-bond acceptors (Lipinski definition) is 4. The highest BCUT2D eigenvalue weighted by Gasteiger charge is 2.37. The van der Waals surface area contributed by atoms with Gasteiger partial charge in [-0.2, -0.15) is 5.26 Å². The van der Waals surface area contributed by atoms with Gasteiger partial charge in [-0.1, -0.05) is 32.9 Å². The van der Waals surface area contributed by atoms with Crippen LogP contribution in [0.25, 0.3) is 0 Å². The van der Waals surface area contributed by atoms with E-state index in [4.69, 9.17) is 0 Å². The van der Waals surface area contributed by atoms with E-state index >= 15 is 0 Å². The minimum absolute atomic E-state index is 0.0131. The molecule has 2 heterocycles. The Kier molecular flexibility index (Phi) is 3.50. The van der Waals surface area contributed by atoms with Crippen molar-refractivity contribution in [1.82, 2.24) is 9.88 Å². The summed E-state index contributed by atoms with van der Waals surface area (Å²) in [5, 5.41) is 12.3. The molecule has 0 aliphatic carbocycles. The van der Waals surface area contributed by atoms with Crippen LogP contribution in [0.15, 0.2) is 29.8 Å². The summed E-state index contributed by atoms with van der Waals surface area (Å²) in [5.74, 6) is -0.0859. The monoisotopic (exact) mass is 311 g/mol. The average Bonchev–Trinajstić information content (AvgIpc) is 3.06. The fourth-order valence-electron chi connectivity index (χ4n) is 2.67. The minimum atomic E-state index is -0.534. The Labute approximate surface area is 134 Å². The molecule has 22 heavy (non-hydrogen) atoms. The zero-order valence-electron chi connectivity index (χ0n) is 12.8. The van der Waals surface area contributed by atoms with Crippen molar-refractivity contribution in [3.63, 3.8) is 0 Å². The lowest BCUT2D eigenvalue weighted by molar-refractivity contribution is 0.0744. The molecule has 1 amide bonds. The van der Waals surface area contributed by atoms with Gasteiger partial charge in [0.1, 0.15) is 11.0 Å². The molecule has 0 saturated carbocycles. The van der Waals surface area contributed by atoms with Gasteiger partial charge >= 0.3 is 0 Å². The molecule has 1 aromatic heterocycles. The Balaban J connectivity index is 2.01. The van der Waals surface area contributed by atoms with Crippen LogP contribution in [-0.4, -0.2) is 15.8 Å². The molecule has 3 rings (SSSR count). The van der Waals surface area contributed by atoms with Crippen molar-refractivity contribution in [2.24, 2.45) is 0 Å². The predicted molar refractivity (Wildman–Crippen MR) is 85.5 cm³/mol. The van der Waals surface area contributed by atoms with Crippen LogP contribution in [0.5, 0.6) is 0 Å². The third kappa shape index (κ3) is 2.40. The summed E-state index contributed by atoms with van der Waals surface area (Å²) in [5.41, 5.74) is 2.57. The maximum absolute atomic E-state index is 12.6. The van der Waals surface area contributed by atoms with Crippen molar-refractivity contribution < 1.29 is 4.79 Å². The quantitative estimate of drug-likeness (QED) is 0.850. The highest BCUT2D eigenvalue weighted by Crippen LogP contribution is 2.37. The molecule has 1 atom stereocenters. The minimum Gasteiger partial charge on any atom is -0.312 e. The molecule has 1 aliphatic rings. The Hall–Kier alpha value is -2.19. The van der Waals surface area contributed by atoms with Gasteiger partial charge in [0.2, 0.25) is 0 Å². The highest BCUT2D eigenvalue weighted by molar-refractivity contribution is 7.09. The van der Waals surface area contributed by atoms with Crippen LogP contribution in [0, 0.1) is 11.3 Å². The Morgan fingerprint density at radius 1 is 1.41 bits per heavy atom. The van der Waals surface area contributed by atoms with E-state index in [0.29, 0.717) is 12.1 Å². The fraction of sp³-hybridized carbons (Fsp3) is 0.353. The summed E-state index contributed by atoms with van der Waals surface area (Å²) in [4.78, 5) is 18.4. The van der Waals surface area contributed by atoms with Crippen LogP contribution in [0.1, 0.15) is 53.3 Å². The number of carbonyl (C=O) groups excluding carboxylic acids is 1. The van der Waals surface area contributed by atoms with Gasteiger partial charge in [0, 0.05) is 22.7 Å². The Morgan fingerprint density at radius 3 is 2.77 bits per heavy atom. The number of rotatable bonds is 2. The molecule has 112 valence electrons. The number of fused-ring (bicyclic) bond motifs is 1. The van der Waals surface area contributed by atoms with E-state index in [2.05, 4.69) is 31.8 Å². The van der Waals surface area contributed by atoms with Crippen molar-refractivity contribution in [2.75, 3.05) is 0 Å². The largest absolute Gasteiger partial charge is 0.312 e. The number of nitrogens with zero attached hydrogens (tertiary/aromatic N) is 3. The van der Waals surface area contributed by atoms with Gasteiger partial charge < -0.3 is 4.90 Å². The van der Waals surface area contributed by atoms with Crippen LogP contribution in [0.3, 0.4) is 0 Å². The summed E-state index contributed by atoms with van der Waals surface area (Å²) in [6.07, 6.45) is 1.72. The van der Waals surface area contributed by atoms with Crippen LogP contribution in [0.4, 0.5) is 0 Å². The molecule has 0 bridgehead atoms. The average molecular weight is 311 g/mol. The molecule has 1 aliphatic heterocycles. The third-order valence-corrected chi connectivity index (χ3v) is 4.69. The van der Waals surface area contributed by atoms with E-state index in [1.165, 1.54) is 11.3 Å². The second-order valence-electron chi connectivity index (χ2n) is 6.44. The van der Waals surface area contributed by atoms with E-state index < -0.39 is 6.04 Å². The molecule has 1 unspecified atom stereocenters. The first kappa shape index (κ1) is 14.7. The van der Waals surface area contributed by atoms with E-state index in [-0.39, 0.29) is 11.3 Å². The molecular weight excluding hydrogens is 294 g/mol. The normalized spacial score (nSPS) is 17.5. The van der Waals surface area contributed by atoms with E-state index in [0.717, 1.165) is 16.1 Å². The lowest BCUT2D eigenvalue weighted by Gasteiger charge is -2.21. The number of aromatic nitrogens is 1. The van der Waals surface area contributed by atoms with E-state index in [1.807, 2.05) is 23.6 Å². The van der Waals surface area contributed by atoms with Crippen molar-refractivity contribution in [2.45, 2.75) is 38.8 Å². The molecule has 0 radical (unpaired) electrons. The van der Waals surface area contributed by atoms with Gasteiger partial charge in [-0.25, -0.2) is 4.98 Å². The fourth-order valence-corrected chi connectivity index (χ4v) is 3.28. The van der Waals surface area contributed by atoms with E-state index in [9.17, 15) is 10.1 Å². The van der Waals surface area contributed by atoms with Crippen molar-refractivity contribution >= 4 is 17.2 Å². The first-order valence-electron chi connectivity index (χ1n) is 7.15. The second kappa shape index (κ2) is 5.22. The van der Waals surface area contributed by atoms with Crippen molar-refractivity contribution in [3.05, 3.63) is 51.5 Å². The molecule has 0 fully saturated rings. The van der Waals surface area contributed by atoms with Gasteiger partial charge in [0.05, 0.1) is 12.6 Å². The van der Waals surface area contributed by atoms with Crippen molar-refractivity contribution in [3.8, 4) is 6.07 Å². The molecule has 4 nitrogen and oxygen atoms in total. The number of hydrogen-bond donors (Lipinski definition) is 0. The number of carbonyl (C=O) groups is 1. The smallest absolute Gasteiger partial charge is 0.255 e. The zero-order valence-corrected chi connectivity index (χ0v) is 13.6. The van der Waals surface area contributed by atoms with Crippen LogP contribution in [-0.2, 0) is 12.0 Å². The molecular formula is C17H17N3OS. The maximum Gasteiger partial charge on any atom is 0.255 e. The summed E-state index contributed by atoms with van der Waals surface area (Å²) >= 11 is 1.50. The molecule has 0 spiro atoms. The van der Waals surface area contributed by atoms with Crippen LogP contribution >= 0.6 is 11.3 Å². The Morgan fingerprint density at radius 2 is 2.18 bits per heavy atom. The molecule has 2 aromatic rings. The van der Waals surface area contributed by atoms with Crippen LogP contribution < -0.4 is 0 Å². The summed E-state index contributed by atoms with van der Waals surface area (Å²) in [7, 11) is 0. The van der Waals surface area contributed by atoms with Gasteiger partial charge in [0.15, 0.2) is 0 Å². The number of nitriles is 1. The lowest BCUT2D eigenvalue weighted by Crippen LogP contribution is -2.26. The molecule has 0 N–H and O–H groups in total. The topological polar surface area (TPSA) is 57.0 Å². The summed E-state index contributed by atoms with van der Waals surface area (Å²) in [6.45, 7) is 6.76. The second-order valence-corrected chi connectivity index (χ2v) is 7.42. The molecule has 1 aromatic carbocycles. The van der Waals surface area contributed by atoms with Gasteiger partial charge in [-0.05, 0) is 17.0 Å². The first-order valence-corrected chi connectivity index (χ1v) is 8.03. The summed E-state index contributed by atoms with van der Waals surface area (Å²) < 4.78 is 0. The molecule has 0 saturated heterocycles. The number of benzene rings is 1. The van der Waals surface area contributed by atoms with E-state index in [1.54, 1.807) is 11.1 Å². The molecule has 5 heteroatoms. The standard InChI is InChI=1S/C17H17N3OS/c1-17(2,3)11-4-5-12-13(8-11)14(9-18)20(16(12)21)10-15-19-6-7-22-15/h4-8,14H,10H2,1-3H3. The summed E-state index contributed by atoms with van der Waals surface area (Å²) in [6, 6.07) is 7.58. The SMILES string of the molecule is CC(C)(C)c1ccc2c(c1)C(C#N)N(Cc1nccs1)C2=O. The maximum atomic E-state index is 12.6. The zero-order chi connectivity index (χ0) is 15.9. The lowest BCUT2D eigenvalue weighted by atomic mass is 9.85.